The molecule has 0 spiro atoms. The summed E-state index contributed by atoms with van der Waals surface area (Å²) in [4.78, 5) is 15.5. The number of carbonyl (C=O) groups is 1. The fourth-order valence-corrected chi connectivity index (χ4v) is 1.76. The van der Waals surface area contributed by atoms with E-state index in [-0.39, 0.29) is 12.0 Å². The van der Waals surface area contributed by atoms with Crippen molar-refractivity contribution in [3.8, 4) is 0 Å². The number of likely N-dealkylation sites (N-methyl/N-ethyl adjacent to an activating group) is 1. The minimum atomic E-state index is -0.383. The van der Waals surface area contributed by atoms with E-state index in [4.69, 9.17) is 5.11 Å². The highest BCUT2D eigenvalue weighted by Gasteiger charge is 2.17. The van der Waals surface area contributed by atoms with E-state index < -0.39 is 0 Å². The highest BCUT2D eigenvalue weighted by molar-refractivity contribution is 5.78. The van der Waals surface area contributed by atoms with Crippen LogP contribution in [0.4, 0.5) is 0 Å². The summed E-state index contributed by atoms with van der Waals surface area (Å²) >= 11 is 0. The second kappa shape index (κ2) is 6.05. The van der Waals surface area contributed by atoms with Crippen LogP contribution in [-0.2, 0) is 4.79 Å². The number of hydrogen-bond acceptors (Lipinski definition) is 4. The molecular formula is C10H21N3O2. The van der Waals surface area contributed by atoms with Crippen LogP contribution in [0.2, 0.25) is 0 Å². The van der Waals surface area contributed by atoms with E-state index in [1.54, 1.807) is 6.92 Å². The van der Waals surface area contributed by atoms with Crippen LogP contribution >= 0.6 is 0 Å². The number of aliphatic hydroxyl groups excluding tert-OH is 1. The molecule has 15 heavy (non-hydrogen) atoms. The third-order valence-electron chi connectivity index (χ3n) is 2.45. The van der Waals surface area contributed by atoms with Gasteiger partial charge in [0.15, 0.2) is 0 Å². The smallest absolute Gasteiger partial charge is 0.236 e. The Kier molecular flexibility index (Phi) is 5.01. The third-order valence-corrected chi connectivity index (χ3v) is 2.45. The summed E-state index contributed by atoms with van der Waals surface area (Å²) in [7, 11) is 1.85. The summed E-state index contributed by atoms with van der Waals surface area (Å²) in [6.07, 6.45) is -0.383. The second-order valence-electron chi connectivity index (χ2n) is 4.18. The lowest BCUT2D eigenvalue weighted by Gasteiger charge is -2.29. The van der Waals surface area contributed by atoms with E-state index in [2.05, 4.69) is 5.32 Å². The highest BCUT2D eigenvalue weighted by atomic mass is 16.3. The van der Waals surface area contributed by atoms with Gasteiger partial charge in [-0.1, -0.05) is 0 Å². The van der Waals surface area contributed by atoms with Crippen molar-refractivity contribution in [2.75, 3.05) is 46.3 Å². The van der Waals surface area contributed by atoms with E-state index in [0.29, 0.717) is 13.1 Å². The normalized spacial score (nSPS) is 19.3. The molecule has 1 amide bonds. The number of carbonyl (C=O) groups excluding carboxylic acids is 1. The first-order valence-corrected chi connectivity index (χ1v) is 5.44. The van der Waals surface area contributed by atoms with Crippen LogP contribution in [0, 0.1) is 0 Å². The van der Waals surface area contributed by atoms with Gasteiger partial charge < -0.3 is 15.3 Å². The Bertz CT molecular complexity index is 203. The fourth-order valence-electron chi connectivity index (χ4n) is 1.76. The van der Waals surface area contributed by atoms with Gasteiger partial charge in [-0.15, -0.1) is 0 Å². The Hall–Kier alpha value is -0.650. The number of rotatable bonds is 4. The van der Waals surface area contributed by atoms with Gasteiger partial charge in [-0.25, -0.2) is 0 Å². The predicted molar refractivity (Wildman–Crippen MR) is 58.6 cm³/mol. The first-order chi connectivity index (χ1) is 7.09. The van der Waals surface area contributed by atoms with E-state index in [0.717, 1.165) is 26.2 Å². The molecule has 5 nitrogen and oxygen atoms in total. The molecule has 0 aromatic carbocycles. The number of nitrogens with zero attached hydrogens (tertiary/aromatic N) is 2. The molecule has 0 bridgehead atoms. The highest BCUT2D eigenvalue weighted by Crippen LogP contribution is 1.96. The third kappa shape index (κ3) is 4.59. The van der Waals surface area contributed by atoms with Crippen molar-refractivity contribution in [2.24, 2.45) is 0 Å². The van der Waals surface area contributed by atoms with E-state index in [1.807, 2.05) is 16.8 Å². The van der Waals surface area contributed by atoms with Crippen LogP contribution in [0.1, 0.15) is 6.92 Å². The predicted octanol–water partition coefficient (Wildman–Crippen LogP) is -1.27. The van der Waals surface area contributed by atoms with E-state index in [1.165, 1.54) is 0 Å². The van der Waals surface area contributed by atoms with Crippen LogP contribution in [0.3, 0.4) is 0 Å². The lowest BCUT2D eigenvalue weighted by molar-refractivity contribution is -0.132. The zero-order chi connectivity index (χ0) is 11.3. The first kappa shape index (κ1) is 12.4. The summed E-state index contributed by atoms with van der Waals surface area (Å²) in [5, 5.41) is 12.4. The molecule has 0 radical (unpaired) electrons. The quantitative estimate of drug-likeness (QED) is 0.614. The summed E-state index contributed by atoms with van der Waals surface area (Å²) in [5.41, 5.74) is 0. The molecule has 0 saturated carbocycles. The van der Waals surface area contributed by atoms with Gasteiger partial charge in [-0.3, -0.25) is 9.69 Å². The Balaban J connectivity index is 2.27. The van der Waals surface area contributed by atoms with Crippen molar-refractivity contribution < 1.29 is 9.90 Å². The van der Waals surface area contributed by atoms with Gasteiger partial charge >= 0.3 is 0 Å². The van der Waals surface area contributed by atoms with Crippen molar-refractivity contribution in [1.82, 2.24) is 15.1 Å². The second-order valence-corrected chi connectivity index (χ2v) is 4.18. The zero-order valence-electron chi connectivity index (χ0n) is 9.57. The lowest BCUT2D eigenvalue weighted by atomic mass is 10.3. The topological polar surface area (TPSA) is 55.8 Å². The van der Waals surface area contributed by atoms with Crippen molar-refractivity contribution in [3.05, 3.63) is 0 Å². The SMILES string of the molecule is C[C@@H](O)CN(C)CC(=O)N1CCNCC1. The van der Waals surface area contributed by atoms with Gasteiger partial charge in [-0.2, -0.15) is 0 Å². The first-order valence-electron chi connectivity index (χ1n) is 5.44. The monoisotopic (exact) mass is 215 g/mol. The van der Waals surface area contributed by atoms with Crippen LogP contribution < -0.4 is 5.32 Å². The molecule has 0 aromatic rings. The molecule has 1 atom stereocenters. The van der Waals surface area contributed by atoms with Crippen LogP contribution in [0.15, 0.2) is 0 Å². The van der Waals surface area contributed by atoms with Gasteiger partial charge in [0.1, 0.15) is 0 Å². The van der Waals surface area contributed by atoms with E-state index in [9.17, 15) is 4.79 Å². The van der Waals surface area contributed by atoms with Gasteiger partial charge in [-0.05, 0) is 14.0 Å². The Morgan fingerprint density at radius 3 is 2.67 bits per heavy atom. The minimum Gasteiger partial charge on any atom is -0.392 e. The van der Waals surface area contributed by atoms with Crippen molar-refractivity contribution in [1.29, 1.82) is 0 Å². The lowest BCUT2D eigenvalue weighted by Crippen LogP contribution is -2.49. The molecular weight excluding hydrogens is 194 g/mol. The maximum Gasteiger partial charge on any atom is 0.236 e. The van der Waals surface area contributed by atoms with Crippen LogP contribution in [0.5, 0.6) is 0 Å². The number of amides is 1. The number of piperazine rings is 1. The summed E-state index contributed by atoms with van der Waals surface area (Å²) in [5.74, 6) is 0.152. The van der Waals surface area contributed by atoms with Crippen LogP contribution in [-0.4, -0.2) is 73.2 Å². The molecule has 1 aliphatic heterocycles. The fraction of sp³-hybridized carbons (Fsp3) is 0.900. The minimum absolute atomic E-state index is 0.152. The number of aliphatic hydroxyl groups is 1. The Morgan fingerprint density at radius 1 is 1.53 bits per heavy atom. The number of nitrogens with one attached hydrogen (secondary N) is 1. The average molecular weight is 215 g/mol. The molecule has 1 rings (SSSR count). The molecule has 1 saturated heterocycles. The summed E-state index contributed by atoms with van der Waals surface area (Å²) in [6, 6.07) is 0. The average Bonchev–Trinajstić information content (AvgIpc) is 2.17. The van der Waals surface area contributed by atoms with E-state index >= 15 is 0 Å². The molecule has 1 heterocycles. The zero-order valence-corrected chi connectivity index (χ0v) is 9.57. The molecule has 1 aliphatic rings. The van der Waals surface area contributed by atoms with Crippen molar-refractivity contribution in [3.63, 3.8) is 0 Å². The molecule has 5 heteroatoms. The molecule has 0 aliphatic carbocycles. The molecule has 88 valence electrons. The number of hydrogen-bond donors (Lipinski definition) is 2. The maximum atomic E-state index is 11.8. The molecule has 0 aromatic heterocycles. The summed E-state index contributed by atoms with van der Waals surface area (Å²) in [6.45, 7) is 6.01. The Labute approximate surface area is 91.0 Å². The molecule has 0 unspecified atom stereocenters. The molecule has 2 N–H and O–H groups in total. The molecule has 1 fully saturated rings. The van der Waals surface area contributed by atoms with Gasteiger partial charge in [0, 0.05) is 32.7 Å². The van der Waals surface area contributed by atoms with Gasteiger partial charge in [0.2, 0.25) is 5.91 Å². The summed E-state index contributed by atoms with van der Waals surface area (Å²) < 4.78 is 0. The van der Waals surface area contributed by atoms with Gasteiger partial charge in [0.25, 0.3) is 0 Å². The van der Waals surface area contributed by atoms with Crippen LogP contribution in [0.25, 0.3) is 0 Å². The largest absolute Gasteiger partial charge is 0.392 e. The standard InChI is InChI=1S/C10H21N3O2/c1-9(14)7-12(2)8-10(15)13-5-3-11-4-6-13/h9,11,14H,3-8H2,1-2H3/t9-/m1/s1. The van der Waals surface area contributed by atoms with Gasteiger partial charge in [0.05, 0.1) is 12.6 Å². The van der Waals surface area contributed by atoms with Crippen molar-refractivity contribution in [2.45, 2.75) is 13.0 Å². The Morgan fingerprint density at radius 2 is 2.13 bits per heavy atom. The van der Waals surface area contributed by atoms with Crippen molar-refractivity contribution >= 4 is 5.91 Å². The maximum absolute atomic E-state index is 11.8.